The van der Waals surface area contributed by atoms with Crippen LogP contribution in [-0.2, 0) is 0 Å². The standard InChI is InChI=1S/C8H10.C7H7NO3/c1-7-5-3-4-6-8(7)2;1-11-7-5-3-2-4-6(7)8(9)10/h3-6H,1-2H3;2-5H,1H3. The summed E-state index contributed by atoms with van der Waals surface area (Å²) in [4.78, 5) is 9.83. The van der Waals surface area contributed by atoms with Gasteiger partial charge in [0.2, 0.25) is 0 Å². The summed E-state index contributed by atoms with van der Waals surface area (Å²) in [5, 5.41) is 10.3. The predicted octanol–water partition coefficient (Wildman–Crippen LogP) is 3.91. The van der Waals surface area contributed by atoms with Crippen molar-refractivity contribution in [3.8, 4) is 5.75 Å². The normalized spacial score (nSPS) is 9.21. The molecule has 0 aromatic heterocycles. The zero-order valence-corrected chi connectivity index (χ0v) is 11.3. The van der Waals surface area contributed by atoms with Gasteiger partial charge in [0, 0.05) is 6.07 Å². The summed E-state index contributed by atoms with van der Waals surface area (Å²) in [6.45, 7) is 4.24. The summed E-state index contributed by atoms with van der Waals surface area (Å²) in [6.07, 6.45) is 0. The Labute approximate surface area is 112 Å². The van der Waals surface area contributed by atoms with Gasteiger partial charge in [0.25, 0.3) is 0 Å². The maximum absolute atomic E-state index is 10.3. The molecule has 0 radical (unpaired) electrons. The molecule has 0 aliphatic rings. The van der Waals surface area contributed by atoms with Crippen molar-refractivity contribution in [1.82, 2.24) is 0 Å². The highest BCUT2D eigenvalue weighted by Gasteiger charge is 2.11. The molecule has 0 spiro atoms. The first-order valence-electron chi connectivity index (χ1n) is 5.86. The van der Waals surface area contributed by atoms with Gasteiger partial charge in [-0.25, -0.2) is 0 Å². The predicted molar refractivity (Wildman–Crippen MR) is 75.6 cm³/mol. The molecular formula is C15H17NO3. The number of nitrogens with zero attached hydrogens (tertiary/aromatic N) is 1. The van der Waals surface area contributed by atoms with Gasteiger partial charge in [0.1, 0.15) is 0 Å². The molecule has 0 unspecified atom stereocenters. The van der Waals surface area contributed by atoms with Crippen molar-refractivity contribution in [1.29, 1.82) is 0 Å². The fourth-order valence-corrected chi connectivity index (χ4v) is 1.44. The van der Waals surface area contributed by atoms with Gasteiger partial charge in [-0.2, -0.15) is 0 Å². The first-order valence-corrected chi connectivity index (χ1v) is 5.86. The first kappa shape index (κ1) is 14.7. The number of nitro groups is 1. The van der Waals surface area contributed by atoms with E-state index in [0.29, 0.717) is 0 Å². The zero-order valence-electron chi connectivity index (χ0n) is 11.3. The smallest absolute Gasteiger partial charge is 0.310 e. The third-order valence-electron chi connectivity index (χ3n) is 2.71. The third kappa shape index (κ3) is 4.43. The fourth-order valence-electron chi connectivity index (χ4n) is 1.44. The summed E-state index contributed by atoms with van der Waals surface area (Å²) in [6, 6.07) is 14.6. The SMILES string of the molecule is COc1ccccc1[N+](=O)[O-].Cc1ccccc1C. The van der Waals surface area contributed by atoms with Crippen LogP contribution in [0.15, 0.2) is 48.5 Å². The molecule has 100 valence electrons. The molecule has 2 rings (SSSR count). The average Bonchev–Trinajstić information content (AvgIpc) is 2.42. The minimum Gasteiger partial charge on any atom is -0.490 e. The minimum atomic E-state index is -0.473. The van der Waals surface area contributed by atoms with Crippen LogP contribution in [0.1, 0.15) is 11.1 Å². The number of rotatable bonds is 2. The fraction of sp³-hybridized carbons (Fsp3) is 0.200. The molecule has 2 aromatic carbocycles. The molecule has 2 aromatic rings. The molecule has 0 atom stereocenters. The molecular weight excluding hydrogens is 242 g/mol. The van der Waals surface area contributed by atoms with Crippen LogP contribution in [0.2, 0.25) is 0 Å². The van der Waals surface area contributed by atoms with E-state index in [2.05, 4.69) is 38.1 Å². The minimum absolute atomic E-state index is 0.00463. The van der Waals surface area contributed by atoms with Crippen LogP contribution >= 0.6 is 0 Å². The summed E-state index contributed by atoms with van der Waals surface area (Å²) in [5.74, 6) is 0.289. The lowest BCUT2D eigenvalue weighted by atomic mass is 10.1. The van der Waals surface area contributed by atoms with Crippen LogP contribution in [-0.4, -0.2) is 12.0 Å². The Bertz CT molecular complexity index is 532. The summed E-state index contributed by atoms with van der Waals surface area (Å²) in [5.41, 5.74) is 2.73. The number of hydrogen-bond acceptors (Lipinski definition) is 3. The molecule has 0 fully saturated rings. The van der Waals surface area contributed by atoms with Crippen molar-refractivity contribution in [3.05, 3.63) is 69.8 Å². The molecule has 19 heavy (non-hydrogen) atoms. The van der Waals surface area contributed by atoms with E-state index in [-0.39, 0.29) is 11.4 Å². The topological polar surface area (TPSA) is 52.4 Å². The van der Waals surface area contributed by atoms with Crippen molar-refractivity contribution >= 4 is 5.69 Å². The van der Waals surface area contributed by atoms with E-state index in [0.717, 1.165) is 0 Å². The van der Waals surface area contributed by atoms with Gasteiger partial charge in [0.05, 0.1) is 12.0 Å². The zero-order chi connectivity index (χ0) is 14.3. The van der Waals surface area contributed by atoms with Crippen LogP contribution in [0.4, 0.5) is 5.69 Å². The Morgan fingerprint density at radius 3 is 1.79 bits per heavy atom. The molecule has 0 bridgehead atoms. The van der Waals surface area contributed by atoms with Gasteiger partial charge >= 0.3 is 5.69 Å². The number of hydrogen-bond donors (Lipinski definition) is 0. The molecule has 0 amide bonds. The lowest BCUT2D eigenvalue weighted by molar-refractivity contribution is -0.385. The molecule has 0 saturated heterocycles. The highest BCUT2D eigenvalue weighted by Crippen LogP contribution is 2.24. The second kappa shape index (κ2) is 7.16. The van der Waals surface area contributed by atoms with E-state index in [1.54, 1.807) is 18.2 Å². The number of para-hydroxylation sites is 2. The van der Waals surface area contributed by atoms with E-state index in [9.17, 15) is 10.1 Å². The monoisotopic (exact) mass is 259 g/mol. The summed E-state index contributed by atoms with van der Waals surface area (Å²) < 4.78 is 4.76. The number of aryl methyl sites for hydroxylation is 2. The highest BCUT2D eigenvalue weighted by atomic mass is 16.6. The van der Waals surface area contributed by atoms with Crippen molar-refractivity contribution in [2.24, 2.45) is 0 Å². The van der Waals surface area contributed by atoms with Gasteiger partial charge in [-0.1, -0.05) is 36.4 Å². The lowest BCUT2D eigenvalue weighted by Gasteiger charge is -1.98. The van der Waals surface area contributed by atoms with Crippen LogP contribution in [0.5, 0.6) is 5.75 Å². The molecule has 0 heterocycles. The summed E-state index contributed by atoms with van der Waals surface area (Å²) in [7, 11) is 1.41. The van der Waals surface area contributed by atoms with Crippen molar-refractivity contribution in [3.63, 3.8) is 0 Å². The van der Waals surface area contributed by atoms with Crippen LogP contribution in [0.3, 0.4) is 0 Å². The van der Waals surface area contributed by atoms with E-state index in [4.69, 9.17) is 4.74 Å². The van der Waals surface area contributed by atoms with Gasteiger partial charge < -0.3 is 4.74 Å². The van der Waals surface area contributed by atoms with Crippen molar-refractivity contribution < 1.29 is 9.66 Å². The lowest BCUT2D eigenvalue weighted by Crippen LogP contribution is -1.92. The highest BCUT2D eigenvalue weighted by molar-refractivity contribution is 5.45. The van der Waals surface area contributed by atoms with Gasteiger partial charge in [0.15, 0.2) is 5.75 Å². The number of benzene rings is 2. The second-order valence-electron chi connectivity index (χ2n) is 4.01. The average molecular weight is 259 g/mol. The number of nitro benzene ring substituents is 1. The quantitative estimate of drug-likeness (QED) is 0.607. The van der Waals surface area contributed by atoms with Crippen molar-refractivity contribution in [2.75, 3.05) is 7.11 Å². The van der Waals surface area contributed by atoms with Gasteiger partial charge in [-0.05, 0) is 31.0 Å². The molecule has 0 N–H and O–H groups in total. The molecule has 0 saturated carbocycles. The largest absolute Gasteiger partial charge is 0.490 e. The maximum atomic E-state index is 10.3. The van der Waals surface area contributed by atoms with Gasteiger partial charge in [-0.3, -0.25) is 10.1 Å². The Hall–Kier alpha value is -2.36. The first-order chi connectivity index (χ1) is 9.06. The van der Waals surface area contributed by atoms with E-state index in [1.807, 2.05) is 0 Å². The summed E-state index contributed by atoms with van der Waals surface area (Å²) >= 11 is 0. The van der Waals surface area contributed by atoms with Crippen LogP contribution < -0.4 is 4.74 Å². The van der Waals surface area contributed by atoms with Crippen LogP contribution in [0.25, 0.3) is 0 Å². The number of ether oxygens (including phenoxy) is 1. The van der Waals surface area contributed by atoms with E-state index in [1.165, 1.54) is 24.3 Å². The molecule has 0 aliphatic heterocycles. The Balaban J connectivity index is 0.000000200. The Morgan fingerprint density at radius 2 is 1.42 bits per heavy atom. The van der Waals surface area contributed by atoms with E-state index < -0.39 is 4.92 Å². The van der Waals surface area contributed by atoms with E-state index >= 15 is 0 Å². The maximum Gasteiger partial charge on any atom is 0.310 e. The van der Waals surface area contributed by atoms with Crippen molar-refractivity contribution in [2.45, 2.75) is 13.8 Å². The molecule has 0 aliphatic carbocycles. The van der Waals surface area contributed by atoms with Gasteiger partial charge in [-0.15, -0.1) is 0 Å². The Morgan fingerprint density at radius 1 is 0.947 bits per heavy atom. The molecule has 4 nitrogen and oxygen atoms in total. The van der Waals surface area contributed by atoms with Crippen LogP contribution in [0, 0.1) is 24.0 Å². The third-order valence-corrected chi connectivity index (χ3v) is 2.71. The molecule has 4 heteroatoms. The Kier molecular flexibility index (Phi) is 5.54. The second-order valence-corrected chi connectivity index (χ2v) is 4.01. The number of methoxy groups -OCH3 is 1.